The number of nitrogens with zero attached hydrogens (tertiary/aromatic N) is 2. The molecular weight excluding hydrogens is 442 g/mol. The second kappa shape index (κ2) is 10.1. The zero-order chi connectivity index (χ0) is 24.3. The molecule has 1 saturated heterocycles. The monoisotopic (exact) mass is 472 g/mol. The molecule has 0 spiro atoms. The molecule has 0 unspecified atom stereocenters. The summed E-state index contributed by atoms with van der Waals surface area (Å²) in [6.07, 6.45) is 1.83. The van der Waals surface area contributed by atoms with Crippen molar-refractivity contribution in [1.29, 1.82) is 0 Å². The van der Waals surface area contributed by atoms with Gasteiger partial charge in [0, 0.05) is 49.6 Å². The number of nitrogens with two attached hydrogens (primary N) is 1. The van der Waals surface area contributed by atoms with Gasteiger partial charge in [-0.25, -0.2) is 9.97 Å². The summed E-state index contributed by atoms with van der Waals surface area (Å²) in [5.41, 5.74) is 8.47. The van der Waals surface area contributed by atoms with Gasteiger partial charge in [-0.2, -0.15) is 8.78 Å². The molecule has 1 aromatic heterocycles. The third-order valence-electron chi connectivity index (χ3n) is 6.04. The standard InChI is InChI=1S/C25H30F2N4O3/c1-15-30-22-12-23(33-3)20(17-4-6-34-7-5-17)11-21(22)24(31-15)29-13-16-8-18(10-19(28)9-16)25(26,27)14-32-2/h8-12,17H,4-7,13-14,28H2,1-3H3,(H,29,30,31). The van der Waals surface area contributed by atoms with Gasteiger partial charge in [-0.15, -0.1) is 0 Å². The molecule has 3 aromatic rings. The van der Waals surface area contributed by atoms with Crippen molar-refractivity contribution in [3.8, 4) is 5.75 Å². The van der Waals surface area contributed by atoms with E-state index in [1.54, 1.807) is 13.2 Å². The van der Waals surface area contributed by atoms with E-state index in [1.165, 1.54) is 19.2 Å². The van der Waals surface area contributed by atoms with Gasteiger partial charge in [-0.05, 0) is 61.1 Å². The molecule has 0 aliphatic carbocycles. The van der Waals surface area contributed by atoms with Crippen molar-refractivity contribution in [2.45, 2.75) is 38.2 Å². The second-order valence-electron chi connectivity index (χ2n) is 8.57. The normalized spacial score (nSPS) is 15.0. The Kier molecular flexibility index (Phi) is 7.13. The van der Waals surface area contributed by atoms with Crippen molar-refractivity contribution in [2.24, 2.45) is 0 Å². The maximum atomic E-state index is 14.4. The summed E-state index contributed by atoms with van der Waals surface area (Å²) < 4.78 is 44.6. The Balaban J connectivity index is 1.67. The van der Waals surface area contributed by atoms with Crippen molar-refractivity contribution in [3.05, 3.63) is 52.8 Å². The van der Waals surface area contributed by atoms with Gasteiger partial charge in [0.15, 0.2) is 0 Å². The van der Waals surface area contributed by atoms with E-state index in [1.807, 2.05) is 13.0 Å². The zero-order valence-electron chi connectivity index (χ0n) is 19.7. The first-order valence-electron chi connectivity index (χ1n) is 11.3. The first kappa shape index (κ1) is 24.1. The minimum Gasteiger partial charge on any atom is -0.496 e. The van der Waals surface area contributed by atoms with Crippen LogP contribution in [-0.4, -0.2) is 44.0 Å². The smallest absolute Gasteiger partial charge is 0.296 e. The number of ether oxygens (including phenoxy) is 3. The number of halogens is 2. The lowest BCUT2D eigenvalue weighted by molar-refractivity contribution is -0.0697. The highest BCUT2D eigenvalue weighted by Crippen LogP contribution is 2.38. The molecule has 3 N–H and O–H groups in total. The maximum Gasteiger partial charge on any atom is 0.296 e. The van der Waals surface area contributed by atoms with Crippen molar-refractivity contribution >= 4 is 22.4 Å². The van der Waals surface area contributed by atoms with Crippen LogP contribution in [0.2, 0.25) is 0 Å². The minimum absolute atomic E-state index is 0.179. The molecule has 0 bridgehead atoms. The van der Waals surface area contributed by atoms with E-state index in [2.05, 4.69) is 26.1 Å². The quantitative estimate of drug-likeness (QED) is 0.456. The number of hydrogen-bond donors (Lipinski definition) is 2. The fraction of sp³-hybridized carbons (Fsp3) is 0.440. The molecular formula is C25H30F2N4O3. The lowest BCUT2D eigenvalue weighted by Gasteiger charge is -2.24. The largest absolute Gasteiger partial charge is 0.496 e. The van der Waals surface area contributed by atoms with Gasteiger partial charge in [-0.1, -0.05) is 0 Å². The third-order valence-corrected chi connectivity index (χ3v) is 6.04. The third kappa shape index (κ3) is 5.20. The average molecular weight is 473 g/mol. The van der Waals surface area contributed by atoms with Crippen molar-refractivity contribution < 1.29 is 23.0 Å². The van der Waals surface area contributed by atoms with E-state index in [4.69, 9.17) is 15.2 Å². The van der Waals surface area contributed by atoms with Crippen LogP contribution in [0.25, 0.3) is 10.9 Å². The van der Waals surface area contributed by atoms with Crippen LogP contribution < -0.4 is 15.8 Å². The van der Waals surface area contributed by atoms with Gasteiger partial charge < -0.3 is 25.3 Å². The molecule has 34 heavy (non-hydrogen) atoms. The van der Waals surface area contributed by atoms with Crippen molar-refractivity contribution in [1.82, 2.24) is 9.97 Å². The highest BCUT2D eigenvalue weighted by atomic mass is 19.3. The maximum absolute atomic E-state index is 14.4. The van der Waals surface area contributed by atoms with E-state index in [0.29, 0.717) is 36.3 Å². The first-order valence-corrected chi connectivity index (χ1v) is 11.3. The van der Waals surface area contributed by atoms with Gasteiger partial charge in [-0.3, -0.25) is 0 Å². The lowest BCUT2D eigenvalue weighted by atomic mass is 9.90. The summed E-state index contributed by atoms with van der Waals surface area (Å²) in [6.45, 7) is 2.80. The number of nitrogens with one attached hydrogen (secondary N) is 1. The summed E-state index contributed by atoms with van der Waals surface area (Å²) in [7, 11) is 2.91. The fourth-order valence-corrected chi connectivity index (χ4v) is 4.41. The van der Waals surface area contributed by atoms with E-state index in [0.717, 1.165) is 35.1 Å². The van der Waals surface area contributed by atoms with Crippen LogP contribution in [0.15, 0.2) is 30.3 Å². The van der Waals surface area contributed by atoms with Crippen molar-refractivity contribution in [3.63, 3.8) is 0 Å². The van der Waals surface area contributed by atoms with Gasteiger partial charge in [0.25, 0.3) is 5.92 Å². The fourth-order valence-electron chi connectivity index (χ4n) is 4.41. The number of alkyl halides is 2. The summed E-state index contributed by atoms with van der Waals surface area (Å²) >= 11 is 0. The molecule has 2 heterocycles. The number of fused-ring (bicyclic) bond motifs is 1. The van der Waals surface area contributed by atoms with Crippen LogP contribution in [0.4, 0.5) is 20.3 Å². The predicted octanol–water partition coefficient (Wildman–Crippen LogP) is 4.77. The Morgan fingerprint density at radius 1 is 1.12 bits per heavy atom. The summed E-state index contributed by atoms with van der Waals surface area (Å²) in [5, 5.41) is 4.15. The molecule has 4 rings (SSSR count). The van der Waals surface area contributed by atoms with Crippen molar-refractivity contribution in [2.75, 3.05) is 45.1 Å². The van der Waals surface area contributed by atoms with E-state index in [9.17, 15) is 8.78 Å². The summed E-state index contributed by atoms with van der Waals surface area (Å²) in [5.74, 6) is -0.792. The molecule has 9 heteroatoms. The summed E-state index contributed by atoms with van der Waals surface area (Å²) in [4.78, 5) is 9.17. The number of hydrogen-bond acceptors (Lipinski definition) is 7. The van der Waals surface area contributed by atoms with Crippen LogP contribution in [0.3, 0.4) is 0 Å². The average Bonchev–Trinajstić information content (AvgIpc) is 2.82. The molecule has 0 radical (unpaired) electrons. The Bertz CT molecular complexity index is 1170. The Morgan fingerprint density at radius 2 is 1.88 bits per heavy atom. The first-order chi connectivity index (χ1) is 16.3. The topological polar surface area (TPSA) is 91.5 Å². The van der Waals surface area contributed by atoms with E-state index < -0.39 is 12.5 Å². The molecule has 0 saturated carbocycles. The molecule has 0 atom stereocenters. The number of benzene rings is 2. The highest BCUT2D eigenvalue weighted by molar-refractivity contribution is 5.91. The predicted molar refractivity (Wildman–Crippen MR) is 128 cm³/mol. The van der Waals surface area contributed by atoms with Crippen LogP contribution in [-0.2, 0) is 21.9 Å². The van der Waals surface area contributed by atoms with E-state index in [-0.39, 0.29) is 17.8 Å². The molecule has 7 nitrogen and oxygen atoms in total. The van der Waals surface area contributed by atoms with Crippen LogP contribution >= 0.6 is 0 Å². The van der Waals surface area contributed by atoms with Gasteiger partial charge in [0.05, 0.1) is 12.6 Å². The summed E-state index contributed by atoms with van der Waals surface area (Å²) in [6, 6.07) is 8.40. The number of aromatic nitrogens is 2. The molecule has 1 fully saturated rings. The van der Waals surface area contributed by atoms with Crippen LogP contribution in [0.5, 0.6) is 5.75 Å². The second-order valence-corrected chi connectivity index (χ2v) is 8.57. The Labute approximate surface area is 197 Å². The number of rotatable bonds is 8. The molecule has 0 amide bonds. The zero-order valence-corrected chi connectivity index (χ0v) is 19.7. The molecule has 1 aliphatic rings. The number of anilines is 2. The SMILES string of the molecule is COCC(F)(F)c1cc(N)cc(CNc2nc(C)nc3cc(OC)c(C4CCOCC4)cc23)c1. The number of nitrogen functional groups attached to an aromatic ring is 1. The van der Waals surface area contributed by atoms with E-state index >= 15 is 0 Å². The van der Waals surface area contributed by atoms with Crippen LogP contribution in [0, 0.1) is 6.92 Å². The molecule has 2 aromatic carbocycles. The number of methoxy groups -OCH3 is 2. The molecule has 1 aliphatic heterocycles. The lowest BCUT2D eigenvalue weighted by Crippen LogP contribution is -2.21. The van der Waals surface area contributed by atoms with Gasteiger partial charge >= 0.3 is 0 Å². The minimum atomic E-state index is -3.13. The van der Waals surface area contributed by atoms with Gasteiger partial charge in [0.2, 0.25) is 0 Å². The van der Waals surface area contributed by atoms with Gasteiger partial charge in [0.1, 0.15) is 24.0 Å². The molecule has 182 valence electrons. The highest BCUT2D eigenvalue weighted by Gasteiger charge is 2.32. The van der Waals surface area contributed by atoms with Crippen LogP contribution in [0.1, 0.15) is 41.3 Å². The number of aryl methyl sites for hydroxylation is 1. The Morgan fingerprint density at radius 3 is 2.59 bits per heavy atom. The Hall–Kier alpha value is -3.04.